The number of carboxylic acid groups (broad SMARTS) is 1. The second-order valence-corrected chi connectivity index (χ2v) is 26.8. The molecule has 0 spiro atoms. The average Bonchev–Trinajstić information content (AvgIpc) is 1.74. The van der Waals surface area contributed by atoms with E-state index in [0.29, 0.717) is 38.5 Å². The number of esters is 1. The average molecular weight is 1200 g/mol. The molecular weight excluding hydrogens is 1100 g/mol. The largest absolute Gasteiger partial charge is 0.481 e. The van der Waals surface area contributed by atoms with Crippen molar-refractivity contribution in [2.24, 2.45) is 45.3 Å². The Bertz CT molecular complexity index is 2240. The lowest BCUT2D eigenvalue weighted by Gasteiger charge is -2.71. The van der Waals surface area contributed by atoms with Gasteiger partial charge in [0.15, 0.2) is 25.2 Å². The predicted molar refractivity (Wildman–Crippen MR) is 282 cm³/mol. The molecule has 4 aliphatic heterocycles. The molecule has 26 nitrogen and oxygen atoms in total. The van der Waals surface area contributed by atoms with Gasteiger partial charge in [0.2, 0.25) is 0 Å². The molecule has 8 fully saturated rings. The van der Waals surface area contributed by atoms with E-state index >= 15 is 0 Å². The number of ether oxygens (including phenoxy) is 9. The first kappa shape index (κ1) is 66.7. The van der Waals surface area contributed by atoms with Gasteiger partial charge in [-0.3, -0.25) is 9.59 Å². The van der Waals surface area contributed by atoms with E-state index < -0.39 is 196 Å². The van der Waals surface area contributed by atoms with Crippen LogP contribution in [0.5, 0.6) is 0 Å². The van der Waals surface area contributed by atoms with Crippen LogP contribution in [0.4, 0.5) is 0 Å². The molecule has 4 heterocycles. The maximum Gasteiger partial charge on any atom is 0.317 e. The third-order valence-electron chi connectivity index (χ3n) is 21.4. The van der Waals surface area contributed by atoms with E-state index in [1.165, 1.54) is 0 Å². The number of aliphatic hydroxyl groups is 14. The molecule has 83 heavy (non-hydrogen) atoms. The summed E-state index contributed by atoms with van der Waals surface area (Å²) in [5.41, 5.74) is -1.83. The van der Waals surface area contributed by atoms with E-state index in [4.69, 9.17) is 47.7 Å². The zero-order valence-corrected chi connectivity index (χ0v) is 48.7. The number of carbonyl (C=O) groups excluding carboxylic acids is 1. The standard InChI is InChI=1S/C57H94O26/c1-24(2)10-9-14-57(8,83-51-47(74)43(70)40(67)30(80-51)23-76-49-45(72)41(68)37(64)27(20-58)77-49)25-11-16-56(7)36(25)26(60)18-32-54(5)15-13-33(53(3,4)31(54)12-17-55(32,56)6)81-52-48(44(71)38(65)28(21-59)78-52)82-50-46(73)42(69)39(66)29(79-50)22-75-35(63)19-34(61)62/h10,25-33,36-52,58-60,64-74H,9,11-23H2,1-8H3,(H,61,62)/t25-,26-,27-,28-,29-,30-,31+,32+,33+,36+,37-,38-,39-,40-,41+,42+,43+,44+,45-,46-,47-,48-,49-,50+,51+,52+,54+,55-,56-,57+/m1/s1. The molecule has 26 heteroatoms. The topological polar surface area (TPSA) is 421 Å². The number of rotatable bonds is 19. The summed E-state index contributed by atoms with van der Waals surface area (Å²) in [5, 5.41) is 162. The number of hydrogen-bond donors (Lipinski definition) is 15. The SMILES string of the molecule is CC(C)=CCC[C@](C)(O[C@@H]1O[C@H](CO[C@@H]2O[C@H](CO)[C@@H](O)[C@H](O)[C@H]2O)[C@@H](O)[C@H](O)[C@H]1O)[C@@H]1CC[C@]2(C)[C@@H]1[C@H](O)C[C@H]1[C@@]3(C)CC[C@H](O[C@@H]4O[C@H](CO)[C@@H](O)[C@H](O)[C@H]4O[C@@H]4O[C@H](COC(=O)CC(=O)O)[C@@H](O)[C@H](O)[C@H]4O)C(C)(C)[C@@H]3CC[C@]12C. The maximum absolute atomic E-state index is 12.9. The highest BCUT2D eigenvalue weighted by Crippen LogP contribution is 2.76. The van der Waals surface area contributed by atoms with Crippen LogP contribution in [-0.4, -0.2) is 256 Å². The zero-order valence-electron chi connectivity index (χ0n) is 48.7. The minimum absolute atomic E-state index is 0.00720. The molecule has 0 aromatic carbocycles. The highest BCUT2D eigenvalue weighted by molar-refractivity contribution is 5.90. The van der Waals surface area contributed by atoms with E-state index in [-0.39, 0.29) is 34.5 Å². The van der Waals surface area contributed by atoms with Crippen molar-refractivity contribution in [3.05, 3.63) is 11.6 Å². The van der Waals surface area contributed by atoms with E-state index in [1.807, 2.05) is 20.8 Å². The molecule has 0 bridgehead atoms. The molecule has 0 unspecified atom stereocenters. The number of aliphatic carboxylic acids is 1. The lowest BCUT2D eigenvalue weighted by atomic mass is 9.35. The Balaban J connectivity index is 0.997. The Labute approximate surface area is 483 Å². The second kappa shape index (κ2) is 25.7. The molecule has 15 N–H and O–H groups in total. The first-order valence-corrected chi connectivity index (χ1v) is 29.4. The molecular formula is C57H94O26. The summed E-state index contributed by atoms with van der Waals surface area (Å²) in [6.07, 6.45) is -28.1. The molecule has 0 aromatic rings. The van der Waals surface area contributed by atoms with Gasteiger partial charge in [-0.05, 0) is 124 Å². The summed E-state index contributed by atoms with van der Waals surface area (Å²) in [4.78, 5) is 23.1. The fourth-order valence-electron chi connectivity index (χ4n) is 16.6. The van der Waals surface area contributed by atoms with Gasteiger partial charge in [-0.1, -0.05) is 46.3 Å². The number of carbonyl (C=O) groups is 2. The van der Waals surface area contributed by atoms with Crippen molar-refractivity contribution in [3.8, 4) is 0 Å². The van der Waals surface area contributed by atoms with Crippen molar-refractivity contribution in [1.29, 1.82) is 0 Å². The number of aliphatic hydroxyl groups excluding tert-OH is 14. The summed E-state index contributed by atoms with van der Waals surface area (Å²) in [5.74, 6) is -3.27. The molecule has 0 amide bonds. The Morgan fingerprint density at radius 2 is 1.12 bits per heavy atom. The molecule has 478 valence electrons. The van der Waals surface area contributed by atoms with Crippen LogP contribution < -0.4 is 0 Å². The predicted octanol–water partition coefficient (Wildman–Crippen LogP) is -2.18. The normalized spacial score (nSPS) is 49.6. The molecule has 4 aliphatic carbocycles. The summed E-state index contributed by atoms with van der Waals surface area (Å²) in [7, 11) is 0. The van der Waals surface area contributed by atoms with Gasteiger partial charge in [-0.2, -0.15) is 0 Å². The minimum atomic E-state index is -1.95. The Morgan fingerprint density at radius 3 is 1.72 bits per heavy atom. The van der Waals surface area contributed by atoms with Crippen molar-refractivity contribution in [2.45, 2.75) is 260 Å². The van der Waals surface area contributed by atoms with Crippen LogP contribution in [0.15, 0.2) is 11.6 Å². The van der Waals surface area contributed by atoms with Gasteiger partial charge in [0.1, 0.15) is 111 Å². The molecule has 4 saturated carbocycles. The van der Waals surface area contributed by atoms with E-state index in [0.717, 1.165) is 24.8 Å². The third-order valence-corrected chi connectivity index (χ3v) is 21.4. The lowest BCUT2D eigenvalue weighted by Crippen LogP contribution is -2.68. The molecule has 4 saturated heterocycles. The number of hydrogen-bond acceptors (Lipinski definition) is 25. The highest BCUT2D eigenvalue weighted by Gasteiger charge is 2.72. The molecule has 0 radical (unpaired) electrons. The molecule has 0 aromatic heterocycles. The molecule has 8 aliphatic rings. The summed E-state index contributed by atoms with van der Waals surface area (Å²) >= 11 is 0. The van der Waals surface area contributed by atoms with E-state index in [9.17, 15) is 81.1 Å². The smallest absolute Gasteiger partial charge is 0.317 e. The summed E-state index contributed by atoms with van der Waals surface area (Å²) in [6.45, 7) is 14.3. The fraction of sp³-hybridized carbons (Fsp3) is 0.930. The third kappa shape index (κ3) is 12.5. The first-order valence-electron chi connectivity index (χ1n) is 29.4. The van der Waals surface area contributed by atoms with Gasteiger partial charge >= 0.3 is 11.9 Å². The highest BCUT2D eigenvalue weighted by atomic mass is 16.8. The quantitative estimate of drug-likeness (QED) is 0.0283. The minimum Gasteiger partial charge on any atom is -0.481 e. The van der Waals surface area contributed by atoms with Crippen molar-refractivity contribution in [1.82, 2.24) is 0 Å². The van der Waals surface area contributed by atoms with Gasteiger partial charge in [0.25, 0.3) is 0 Å². The van der Waals surface area contributed by atoms with Crippen molar-refractivity contribution in [3.63, 3.8) is 0 Å². The van der Waals surface area contributed by atoms with Crippen molar-refractivity contribution in [2.75, 3.05) is 26.4 Å². The maximum atomic E-state index is 12.9. The van der Waals surface area contributed by atoms with Gasteiger partial charge in [0.05, 0.1) is 37.6 Å². The van der Waals surface area contributed by atoms with E-state index in [2.05, 4.69) is 40.7 Å². The van der Waals surface area contributed by atoms with Crippen molar-refractivity contribution < 1.29 is 129 Å². The Hall–Kier alpha value is -2.20. The van der Waals surface area contributed by atoms with Gasteiger partial charge in [0, 0.05) is 0 Å². The van der Waals surface area contributed by atoms with Crippen LogP contribution in [0.25, 0.3) is 0 Å². The van der Waals surface area contributed by atoms with Gasteiger partial charge in [-0.25, -0.2) is 0 Å². The van der Waals surface area contributed by atoms with Crippen LogP contribution in [0.2, 0.25) is 0 Å². The Morgan fingerprint density at radius 1 is 0.590 bits per heavy atom. The summed E-state index contributed by atoms with van der Waals surface area (Å²) in [6, 6.07) is 0. The van der Waals surface area contributed by atoms with Crippen LogP contribution in [-0.2, 0) is 52.2 Å². The monoisotopic (exact) mass is 1190 g/mol. The van der Waals surface area contributed by atoms with E-state index in [1.54, 1.807) is 0 Å². The lowest BCUT2D eigenvalue weighted by molar-refractivity contribution is -0.378. The number of fused-ring (bicyclic) bond motifs is 5. The van der Waals surface area contributed by atoms with Gasteiger partial charge < -0.3 is 119 Å². The number of allylic oxidation sites excluding steroid dienone is 2. The zero-order chi connectivity index (χ0) is 61.2. The van der Waals surface area contributed by atoms with Crippen LogP contribution in [0, 0.1) is 45.3 Å². The van der Waals surface area contributed by atoms with Gasteiger partial charge in [-0.15, -0.1) is 0 Å². The summed E-state index contributed by atoms with van der Waals surface area (Å²) < 4.78 is 54.1. The van der Waals surface area contributed by atoms with Crippen LogP contribution in [0.3, 0.4) is 0 Å². The Kier molecular flexibility index (Phi) is 20.7. The molecule has 30 atom stereocenters. The first-order chi connectivity index (χ1) is 38.8. The fourth-order valence-corrected chi connectivity index (χ4v) is 16.6. The van der Waals surface area contributed by atoms with Crippen molar-refractivity contribution >= 4 is 11.9 Å². The van der Waals surface area contributed by atoms with Crippen LogP contribution >= 0.6 is 0 Å². The molecule has 8 rings (SSSR count). The second-order valence-electron chi connectivity index (χ2n) is 26.8. The number of carboxylic acids is 1. The van der Waals surface area contributed by atoms with Crippen LogP contribution in [0.1, 0.15) is 120 Å².